The molecule has 2 aliphatic rings. The van der Waals surface area contributed by atoms with Crippen molar-refractivity contribution in [2.24, 2.45) is 5.92 Å². The Morgan fingerprint density at radius 1 is 1.33 bits per heavy atom. The predicted octanol–water partition coefficient (Wildman–Crippen LogP) is 3.04. The Balaban J connectivity index is 2.19. The second-order valence-corrected chi connectivity index (χ2v) is 5.53. The standard InChI is InChI=1S/C16H18O2/c1-16-8-4-3-5-12(15(16)17)9-11-6-7-13(18-2)10-14(11)16/h3-4,6-7,10,12H,5,8-9H2,1-2H3/t12-,16+/m0/s1. The van der Waals surface area contributed by atoms with Crippen LogP contribution < -0.4 is 4.74 Å². The summed E-state index contributed by atoms with van der Waals surface area (Å²) in [6.45, 7) is 2.08. The van der Waals surface area contributed by atoms with Crippen LogP contribution in [0.5, 0.6) is 5.75 Å². The Morgan fingerprint density at radius 2 is 2.17 bits per heavy atom. The van der Waals surface area contributed by atoms with E-state index in [1.54, 1.807) is 7.11 Å². The van der Waals surface area contributed by atoms with Crippen molar-refractivity contribution in [3.05, 3.63) is 41.5 Å². The highest BCUT2D eigenvalue weighted by atomic mass is 16.5. The van der Waals surface area contributed by atoms with E-state index in [0.29, 0.717) is 5.78 Å². The fourth-order valence-electron chi connectivity index (χ4n) is 3.30. The van der Waals surface area contributed by atoms with Crippen molar-refractivity contribution in [3.8, 4) is 5.75 Å². The van der Waals surface area contributed by atoms with Gasteiger partial charge in [-0.1, -0.05) is 18.2 Å². The van der Waals surface area contributed by atoms with Crippen molar-refractivity contribution >= 4 is 5.78 Å². The maximum atomic E-state index is 12.6. The lowest BCUT2D eigenvalue weighted by Gasteiger charge is -2.37. The minimum absolute atomic E-state index is 0.162. The zero-order valence-corrected chi connectivity index (χ0v) is 10.9. The Labute approximate surface area is 108 Å². The number of benzene rings is 1. The number of hydrogen-bond donors (Lipinski definition) is 0. The van der Waals surface area contributed by atoms with Crippen molar-refractivity contribution < 1.29 is 9.53 Å². The van der Waals surface area contributed by atoms with Gasteiger partial charge in [0, 0.05) is 5.92 Å². The molecule has 2 heteroatoms. The van der Waals surface area contributed by atoms with Crippen LogP contribution in [0.15, 0.2) is 30.4 Å². The summed E-state index contributed by atoms with van der Waals surface area (Å²) in [6.07, 6.45) is 6.89. The van der Waals surface area contributed by atoms with E-state index in [0.717, 1.165) is 30.6 Å². The van der Waals surface area contributed by atoms with E-state index in [4.69, 9.17) is 4.74 Å². The molecular weight excluding hydrogens is 224 g/mol. The summed E-state index contributed by atoms with van der Waals surface area (Å²) in [5.74, 6) is 1.40. The minimum atomic E-state index is -0.361. The van der Waals surface area contributed by atoms with Gasteiger partial charge in [0.15, 0.2) is 0 Å². The number of carbonyl (C=O) groups excluding carboxylic acids is 1. The lowest BCUT2D eigenvalue weighted by molar-refractivity contribution is -0.128. The smallest absolute Gasteiger partial charge is 0.147 e. The molecule has 0 spiro atoms. The van der Waals surface area contributed by atoms with Gasteiger partial charge in [0.25, 0.3) is 0 Å². The minimum Gasteiger partial charge on any atom is -0.497 e. The number of methoxy groups -OCH3 is 1. The molecule has 0 saturated heterocycles. The topological polar surface area (TPSA) is 26.3 Å². The second-order valence-electron chi connectivity index (χ2n) is 5.53. The van der Waals surface area contributed by atoms with Gasteiger partial charge in [0.1, 0.15) is 11.5 Å². The van der Waals surface area contributed by atoms with Crippen molar-refractivity contribution in [1.29, 1.82) is 0 Å². The Kier molecular flexibility index (Phi) is 2.54. The molecule has 0 aliphatic heterocycles. The maximum absolute atomic E-state index is 12.6. The van der Waals surface area contributed by atoms with Crippen LogP contribution in [0.25, 0.3) is 0 Å². The number of fused-ring (bicyclic) bond motifs is 4. The zero-order valence-electron chi connectivity index (χ0n) is 10.9. The third kappa shape index (κ3) is 1.52. The number of hydrogen-bond acceptors (Lipinski definition) is 2. The van der Waals surface area contributed by atoms with Gasteiger partial charge in [-0.15, -0.1) is 0 Å². The van der Waals surface area contributed by atoms with Gasteiger partial charge < -0.3 is 4.74 Å². The van der Waals surface area contributed by atoms with Crippen LogP contribution in [0.1, 0.15) is 30.9 Å². The monoisotopic (exact) mass is 242 g/mol. The first kappa shape index (κ1) is 11.5. The fourth-order valence-corrected chi connectivity index (χ4v) is 3.30. The summed E-state index contributed by atoms with van der Waals surface area (Å²) in [6, 6.07) is 6.16. The van der Waals surface area contributed by atoms with Crippen molar-refractivity contribution in [2.75, 3.05) is 7.11 Å². The van der Waals surface area contributed by atoms with E-state index in [9.17, 15) is 4.79 Å². The molecule has 2 aliphatic carbocycles. The molecule has 0 aromatic heterocycles. The highest BCUT2D eigenvalue weighted by Crippen LogP contribution is 2.43. The molecular formula is C16H18O2. The van der Waals surface area contributed by atoms with Gasteiger partial charge in [-0.2, -0.15) is 0 Å². The zero-order chi connectivity index (χ0) is 12.8. The highest BCUT2D eigenvalue weighted by Gasteiger charge is 2.44. The first-order valence-corrected chi connectivity index (χ1v) is 6.52. The number of ketones is 1. The first-order valence-electron chi connectivity index (χ1n) is 6.52. The van der Waals surface area contributed by atoms with E-state index in [1.807, 2.05) is 12.1 Å². The van der Waals surface area contributed by atoms with Crippen molar-refractivity contribution in [3.63, 3.8) is 0 Å². The van der Waals surface area contributed by atoms with Crippen LogP contribution in [0.3, 0.4) is 0 Å². The van der Waals surface area contributed by atoms with Crippen LogP contribution in [0.2, 0.25) is 0 Å². The molecule has 2 nitrogen and oxygen atoms in total. The first-order chi connectivity index (χ1) is 8.65. The molecule has 0 heterocycles. The Bertz CT molecular complexity index is 530. The quantitative estimate of drug-likeness (QED) is 0.707. The average molecular weight is 242 g/mol. The predicted molar refractivity (Wildman–Crippen MR) is 70.9 cm³/mol. The number of rotatable bonds is 1. The van der Waals surface area contributed by atoms with Crippen LogP contribution in [-0.2, 0) is 16.6 Å². The molecule has 94 valence electrons. The Morgan fingerprint density at radius 3 is 2.94 bits per heavy atom. The van der Waals surface area contributed by atoms with Crippen LogP contribution >= 0.6 is 0 Å². The van der Waals surface area contributed by atoms with Crippen LogP contribution in [-0.4, -0.2) is 12.9 Å². The molecule has 2 atom stereocenters. The van der Waals surface area contributed by atoms with Gasteiger partial charge >= 0.3 is 0 Å². The molecule has 0 saturated carbocycles. The summed E-state index contributed by atoms with van der Waals surface area (Å²) in [4.78, 5) is 12.6. The van der Waals surface area contributed by atoms with Gasteiger partial charge in [0.05, 0.1) is 12.5 Å². The molecule has 2 bridgehead atoms. The number of Topliss-reactive ketones (excluding diaryl/α,β-unsaturated/α-hetero) is 1. The lowest BCUT2D eigenvalue weighted by atomic mass is 9.65. The molecule has 3 rings (SSSR count). The van der Waals surface area contributed by atoms with Gasteiger partial charge in [-0.3, -0.25) is 4.79 Å². The summed E-state index contributed by atoms with van der Waals surface area (Å²) >= 11 is 0. The molecule has 18 heavy (non-hydrogen) atoms. The molecule has 0 fully saturated rings. The fraction of sp³-hybridized carbons (Fsp3) is 0.438. The number of ether oxygens (including phenoxy) is 1. The molecule has 1 aromatic carbocycles. The van der Waals surface area contributed by atoms with Gasteiger partial charge in [-0.25, -0.2) is 0 Å². The number of carbonyl (C=O) groups is 1. The maximum Gasteiger partial charge on any atom is 0.147 e. The summed E-state index contributed by atoms with van der Waals surface area (Å²) in [5, 5.41) is 0. The SMILES string of the molecule is COc1ccc2c(c1)[C@@]1(C)CC=CC[C@@H](C2)C1=O. The molecule has 0 amide bonds. The van der Waals surface area contributed by atoms with Crippen LogP contribution in [0.4, 0.5) is 0 Å². The largest absolute Gasteiger partial charge is 0.497 e. The highest BCUT2D eigenvalue weighted by molar-refractivity contribution is 5.94. The average Bonchev–Trinajstić information content (AvgIpc) is 2.48. The molecule has 0 N–H and O–H groups in total. The summed E-state index contributed by atoms with van der Waals surface area (Å²) in [5.41, 5.74) is 2.11. The van der Waals surface area contributed by atoms with E-state index < -0.39 is 0 Å². The normalized spacial score (nSPS) is 29.7. The van der Waals surface area contributed by atoms with Gasteiger partial charge in [0.2, 0.25) is 0 Å². The molecule has 0 unspecified atom stereocenters. The van der Waals surface area contributed by atoms with E-state index in [1.165, 1.54) is 5.56 Å². The molecule has 0 radical (unpaired) electrons. The van der Waals surface area contributed by atoms with E-state index >= 15 is 0 Å². The van der Waals surface area contributed by atoms with E-state index in [2.05, 4.69) is 25.1 Å². The Hall–Kier alpha value is -1.57. The number of allylic oxidation sites excluding steroid dienone is 2. The molecule has 1 aromatic rings. The van der Waals surface area contributed by atoms with Crippen molar-refractivity contribution in [1.82, 2.24) is 0 Å². The second kappa shape index (κ2) is 3.98. The van der Waals surface area contributed by atoms with E-state index in [-0.39, 0.29) is 11.3 Å². The van der Waals surface area contributed by atoms with Crippen LogP contribution in [0, 0.1) is 5.92 Å². The van der Waals surface area contributed by atoms with Crippen molar-refractivity contribution in [2.45, 2.75) is 31.6 Å². The van der Waals surface area contributed by atoms with Gasteiger partial charge in [-0.05, 0) is 49.4 Å². The third-order valence-corrected chi connectivity index (χ3v) is 4.41. The summed E-state index contributed by atoms with van der Waals surface area (Å²) in [7, 11) is 1.67. The summed E-state index contributed by atoms with van der Waals surface area (Å²) < 4.78 is 5.30. The lowest BCUT2D eigenvalue weighted by Crippen LogP contribution is -2.41. The third-order valence-electron chi connectivity index (χ3n) is 4.41.